The van der Waals surface area contributed by atoms with Gasteiger partial charge in [0.2, 0.25) is 0 Å². The van der Waals surface area contributed by atoms with Crippen LogP contribution in [0, 0.1) is 46.3 Å². The maximum absolute atomic E-state index is 14.0. The van der Waals surface area contributed by atoms with Gasteiger partial charge in [-0.2, -0.15) is 0 Å². The van der Waals surface area contributed by atoms with Crippen molar-refractivity contribution in [1.82, 2.24) is 54.8 Å². The molecular weight excluding hydrogens is 1790 g/mol. The Bertz CT molecular complexity index is 6580. The van der Waals surface area contributed by atoms with E-state index in [1.807, 2.05) is 184 Å². The molecule has 0 saturated carbocycles. The Labute approximate surface area is 751 Å². The van der Waals surface area contributed by atoms with Gasteiger partial charge < -0.3 is 29.3 Å². The summed E-state index contributed by atoms with van der Waals surface area (Å²) in [5, 5.41) is 4.87. The van der Waals surface area contributed by atoms with E-state index in [4.69, 9.17) is 64.1 Å². The van der Waals surface area contributed by atoms with Gasteiger partial charge in [-0.25, -0.2) is 38.7 Å². The van der Waals surface area contributed by atoms with Gasteiger partial charge in [-0.3, -0.25) is 0 Å². The number of nitrogens with one attached hydrogen (secondary N) is 5. The van der Waals surface area contributed by atoms with Crippen LogP contribution in [0.5, 0.6) is 0 Å². The zero-order chi connectivity index (χ0) is 84.3. The Morgan fingerprint density at radius 2 is 0.680 bits per heavy atom. The van der Waals surface area contributed by atoms with Gasteiger partial charge in [0.05, 0.1) is 48.1 Å². The molecular formula is C99H72Br2Cl3F2N11OS4. The SMILES string of the molecule is Cc1[nH]c(-c2ccc(-c3ccc(Cl)cc3Cl)o2)nc1-c1ccc(F)cc1.Cc1[nH]c(-c2ccc(-c3cccc(Br)c3)s2)nc1-c1ccccc1.Cc1[nH]c(-c2ccc(-c3cccc(Cl)c3)s2)nc1-c1ccccc1.Cc1[nH]c(-c2ccc(-c3ccccc3F)s2)nc1-c1ccccc1.Cc1[nH]c(-c2csc(-c3cccc(Br)c3)n2)nc1-c1ccccc1. The molecule has 0 radical (unpaired) electrons. The molecule has 0 saturated heterocycles. The Morgan fingerprint density at radius 3 is 1.16 bits per heavy atom. The molecule has 20 rings (SSSR count). The molecule has 23 heteroatoms. The maximum Gasteiger partial charge on any atom is 0.174 e. The van der Waals surface area contributed by atoms with Crippen LogP contribution >= 0.6 is 112 Å². The third kappa shape index (κ3) is 19.9. The maximum atomic E-state index is 14.0. The van der Waals surface area contributed by atoms with Gasteiger partial charge >= 0.3 is 0 Å². The first-order valence-electron chi connectivity index (χ1n) is 38.5. The number of imidazole rings is 5. The van der Waals surface area contributed by atoms with Crippen LogP contribution in [0.25, 0.3) is 165 Å². The molecule has 0 unspecified atom stereocenters. The quantitative estimate of drug-likeness (QED) is 0.0680. The number of H-pyrrole nitrogens is 5. The summed E-state index contributed by atoms with van der Waals surface area (Å²) in [6.07, 6.45) is 0. The largest absolute Gasteiger partial charge is 0.453 e. The van der Waals surface area contributed by atoms with Crippen molar-refractivity contribution >= 4 is 112 Å². The van der Waals surface area contributed by atoms with Crippen molar-refractivity contribution in [2.45, 2.75) is 34.6 Å². The van der Waals surface area contributed by atoms with Gasteiger partial charge in [-0.05, 0) is 179 Å². The number of aromatic amines is 5. The first-order valence-corrected chi connectivity index (χ1v) is 44.6. The zero-order valence-corrected chi connectivity index (χ0v) is 74.6. The molecule has 0 bridgehead atoms. The highest BCUT2D eigenvalue weighted by molar-refractivity contribution is 9.10. The number of rotatable bonds is 15. The minimum absolute atomic E-state index is 0.202. The van der Waals surface area contributed by atoms with Gasteiger partial charge in [0.15, 0.2) is 17.4 Å². The number of thiophene rings is 3. The molecule has 122 heavy (non-hydrogen) atoms. The van der Waals surface area contributed by atoms with E-state index in [0.29, 0.717) is 33.0 Å². The number of aryl methyl sites for hydroxylation is 5. The number of thiazole rings is 1. The van der Waals surface area contributed by atoms with Crippen molar-refractivity contribution in [3.05, 3.63) is 379 Å². The fourth-order valence-corrected chi connectivity index (χ4v) is 18.7. The second-order valence-corrected chi connectivity index (χ2v) is 35.3. The second kappa shape index (κ2) is 38.4. The summed E-state index contributed by atoms with van der Waals surface area (Å²) in [5.74, 6) is 4.79. The van der Waals surface area contributed by atoms with Gasteiger partial charge in [-0.15, -0.1) is 45.3 Å². The number of hydrogen-bond acceptors (Lipinski definition) is 11. The summed E-state index contributed by atoms with van der Waals surface area (Å²) >= 11 is 31.9. The van der Waals surface area contributed by atoms with Crippen molar-refractivity contribution < 1.29 is 13.2 Å². The molecule has 10 heterocycles. The van der Waals surface area contributed by atoms with Crippen molar-refractivity contribution in [1.29, 1.82) is 0 Å². The van der Waals surface area contributed by atoms with E-state index in [9.17, 15) is 8.78 Å². The van der Waals surface area contributed by atoms with Gasteiger partial charge in [0, 0.05) is 112 Å². The third-order valence-electron chi connectivity index (χ3n) is 19.5. The Morgan fingerprint density at radius 1 is 0.303 bits per heavy atom. The first kappa shape index (κ1) is 83.6. The topological polar surface area (TPSA) is 169 Å². The Balaban J connectivity index is 0.000000113. The minimum Gasteiger partial charge on any atom is -0.453 e. The lowest BCUT2D eigenvalue weighted by atomic mass is 10.1. The van der Waals surface area contributed by atoms with E-state index < -0.39 is 0 Å². The van der Waals surface area contributed by atoms with Crippen molar-refractivity contribution in [3.8, 4) is 165 Å². The summed E-state index contributed by atoms with van der Waals surface area (Å²) in [4.78, 5) is 51.8. The molecule has 5 N–H and O–H groups in total. The monoisotopic (exact) mass is 1860 g/mol. The number of furan rings is 1. The number of halogens is 7. The van der Waals surface area contributed by atoms with Gasteiger partial charge in [0.1, 0.15) is 45.6 Å². The summed E-state index contributed by atoms with van der Waals surface area (Å²) in [5.41, 5.74) is 20.8. The smallest absolute Gasteiger partial charge is 0.174 e. The predicted molar refractivity (Wildman–Crippen MR) is 510 cm³/mol. The molecule has 602 valence electrons. The van der Waals surface area contributed by atoms with Gasteiger partial charge in [-0.1, -0.05) is 243 Å². The fraction of sp³-hybridized carbons (Fsp3) is 0.0505. The van der Waals surface area contributed by atoms with E-state index >= 15 is 0 Å². The average molecular weight is 1860 g/mol. The van der Waals surface area contributed by atoms with Crippen LogP contribution in [0.4, 0.5) is 8.78 Å². The molecule has 20 aromatic rings. The molecule has 0 fully saturated rings. The summed E-state index contributed by atoms with van der Waals surface area (Å²) < 4.78 is 35.2. The lowest BCUT2D eigenvalue weighted by Crippen LogP contribution is -1.82. The van der Waals surface area contributed by atoms with Crippen molar-refractivity contribution in [2.75, 3.05) is 0 Å². The molecule has 0 amide bonds. The number of benzene rings is 10. The molecule has 0 atom stereocenters. The number of nitrogens with zero attached hydrogens (tertiary/aromatic N) is 6. The zero-order valence-electron chi connectivity index (χ0n) is 65.9. The minimum atomic E-state index is -0.280. The molecule has 0 aliphatic rings. The highest BCUT2D eigenvalue weighted by Gasteiger charge is 2.21. The van der Waals surface area contributed by atoms with Gasteiger partial charge in [0.25, 0.3) is 0 Å². The van der Waals surface area contributed by atoms with E-state index in [1.165, 1.54) is 44.9 Å². The molecule has 0 spiro atoms. The van der Waals surface area contributed by atoms with Crippen LogP contribution in [0.3, 0.4) is 0 Å². The Hall–Kier alpha value is -12.1. The molecule has 0 aliphatic heterocycles. The van der Waals surface area contributed by atoms with Crippen LogP contribution in [0.15, 0.2) is 328 Å². The first-order chi connectivity index (χ1) is 59.3. The third-order valence-corrected chi connectivity index (χ3v) is 25.5. The fourth-order valence-electron chi connectivity index (χ4n) is 13.5. The van der Waals surface area contributed by atoms with Crippen LogP contribution in [-0.2, 0) is 0 Å². The van der Waals surface area contributed by atoms with E-state index in [1.54, 1.807) is 70.4 Å². The number of hydrogen-bond donors (Lipinski definition) is 5. The average Bonchev–Trinajstić information content (AvgIpc) is 1.71. The van der Waals surface area contributed by atoms with E-state index in [0.717, 1.165) is 169 Å². The molecule has 10 aromatic carbocycles. The summed E-state index contributed by atoms with van der Waals surface area (Å²) in [7, 11) is 0. The van der Waals surface area contributed by atoms with Crippen LogP contribution in [0.2, 0.25) is 15.1 Å². The normalized spacial score (nSPS) is 11.0. The standard InChI is InChI=1S/C20H15BrN2S.C20H13Cl2FN2O.C20H15ClN2S.C20H15FN2S.C19H14BrN3S/c1-13-19(14-6-3-2-4-7-14)23-20(22-13)18-11-10-17(24-18)15-8-5-9-16(21)12-15;1-11-19(12-2-5-14(23)6-3-12)25-20(24-11)18-9-8-17(26-18)15-7-4-13(21)10-16(15)22;1-13-19(14-6-3-2-4-7-14)23-20(22-13)18-11-10-17(24-18)15-8-5-9-16(21)12-15;1-13-19(14-7-3-2-4-8-14)23-20(22-13)18-12-11-17(24-18)15-9-5-6-10-16(15)21;1-12-17(13-6-3-2-4-7-13)23-18(21-12)16-11-24-19(22-16)14-8-5-9-15(20)10-14/h2-12H,1H3,(H,22,23);2-10H,1H3,(H,24,25);2*2-12H,1H3,(H,22,23);2-11H,1H3,(H,21,23). The van der Waals surface area contributed by atoms with E-state index in [-0.39, 0.29) is 11.6 Å². The predicted octanol–water partition coefficient (Wildman–Crippen LogP) is 31.6. The lowest BCUT2D eigenvalue weighted by Gasteiger charge is -2.01. The van der Waals surface area contributed by atoms with Crippen molar-refractivity contribution in [3.63, 3.8) is 0 Å². The summed E-state index contributed by atoms with van der Waals surface area (Å²) in [6.45, 7) is 10.1. The summed E-state index contributed by atoms with van der Waals surface area (Å²) in [6, 6.07) is 99.7. The second-order valence-electron chi connectivity index (χ2n) is 28.1. The Kier molecular flexibility index (Phi) is 26.3. The highest BCUT2D eigenvalue weighted by atomic mass is 79.9. The molecule has 12 nitrogen and oxygen atoms in total. The highest BCUT2D eigenvalue weighted by Crippen LogP contribution is 2.42. The molecule has 10 aromatic heterocycles. The van der Waals surface area contributed by atoms with Crippen molar-refractivity contribution in [2.24, 2.45) is 0 Å². The lowest BCUT2D eigenvalue weighted by molar-refractivity contribution is 0.593. The van der Waals surface area contributed by atoms with Crippen LogP contribution in [0.1, 0.15) is 28.5 Å². The van der Waals surface area contributed by atoms with E-state index in [2.05, 4.69) is 173 Å². The molecule has 0 aliphatic carbocycles. The van der Waals surface area contributed by atoms with Crippen LogP contribution in [-0.4, -0.2) is 54.8 Å². The number of aromatic nitrogens is 11. The van der Waals surface area contributed by atoms with Crippen LogP contribution < -0.4 is 0 Å².